The van der Waals surface area contributed by atoms with Crippen molar-refractivity contribution in [3.63, 3.8) is 0 Å². The van der Waals surface area contributed by atoms with E-state index in [1.807, 2.05) is 43.0 Å². The Kier molecular flexibility index (Phi) is 5.62. The lowest BCUT2D eigenvalue weighted by atomic mass is 9.97. The number of amides is 1. The molecule has 1 aliphatic heterocycles. The number of piperidine rings is 1. The lowest BCUT2D eigenvalue weighted by Gasteiger charge is -2.31. The van der Waals surface area contributed by atoms with E-state index >= 15 is 0 Å². The number of methoxy groups -OCH3 is 1. The molecule has 1 saturated heterocycles. The van der Waals surface area contributed by atoms with Crippen LogP contribution in [-0.4, -0.2) is 43.7 Å². The van der Waals surface area contributed by atoms with Gasteiger partial charge in [0, 0.05) is 32.4 Å². The zero-order chi connectivity index (χ0) is 15.2. The Morgan fingerprint density at radius 3 is 2.38 bits per heavy atom. The normalized spacial score (nSPS) is 16.3. The highest BCUT2D eigenvalue weighted by atomic mass is 16.5. The van der Waals surface area contributed by atoms with Crippen molar-refractivity contribution < 1.29 is 14.3 Å². The monoisotopic (exact) mass is 291 g/mol. The fourth-order valence-electron chi connectivity index (χ4n) is 2.67. The minimum absolute atomic E-state index is 0.113. The van der Waals surface area contributed by atoms with Crippen LogP contribution in [0.1, 0.15) is 37.0 Å². The van der Waals surface area contributed by atoms with E-state index < -0.39 is 0 Å². The molecular formula is C17H25NO3. The van der Waals surface area contributed by atoms with Gasteiger partial charge in [-0.2, -0.15) is 0 Å². The van der Waals surface area contributed by atoms with Crippen LogP contribution in [0.3, 0.4) is 0 Å². The fourth-order valence-corrected chi connectivity index (χ4v) is 2.67. The molecule has 0 radical (unpaired) electrons. The Labute approximate surface area is 127 Å². The Balaban J connectivity index is 1.91. The first-order valence-corrected chi connectivity index (χ1v) is 7.65. The van der Waals surface area contributed by atoms with E-state index in [0.29, 0.717) is 5.92 Å². The number of carbonyl (C=O) groups excluding carboxylic acids is 1. The average molecular weight is 291 g/mol. The predicted molar refractivity (Wildman–Crippen MR) is 82.7 cm³/mol. The van der Waals surface area contributed by atoms with Crippen molar-refractivity contribution in [1.82, 2.24) is 4.90 Å². The van der Waals surface area contributed by atoms with Crippen molar-refractivity contribution in [1.29, 1.82) is 0 Å². The van der Waals surface area contributed by atoms with Gasteiger partial charge < -0.3 is 14.4 Å². The van der Waals surface area contributed by atoms with Crippen LogP contribution in [0.15, 0.2) is 24.3 Å². The number of benzene rings is 1. The Morgan fingerprint density at radius 2 is 1.86 bits per heavy atom. The highest BCUT2D eigenvalue weighted by Crippen LogP contribution is 2.20. The molecule has 1 aromatic rings. The minimum atomic E-state index is 0.113. The summed E-state index contributed by atoms with van der Waals surface area (Å²) in [7, 11) is 1.73. The molecule has 0 N–H and O–H groups in total. The molecule has 1 fully saturated rings. The van der Waals surface area contributed by atoms with Gasteiger partial charge in [-0.25, -0.2) is 0 Å². The van der Waals surface area contributed by atoms with Crippen molar-refractivity contribution in [3.8, 4) is 5.75 Å². The first kappa shape index (κ1) is 15.8. The fraction of sp³-hybridized carbons (Fsp3) is 0.588. The van der Waals surface area contributed by atoms with Crippen molar-refractivity contribution >= 4 is 5.91 Å². The van der Waals surface area contributed by atoms with Crippen LogP contribution in [0.4, 0.5) is 0 Å². The van der Waals surface area contributed by atoms with Gasteiger partial charge in [0.05, 0.1) is 6.10 Å². The SMILES string of the molecule is COCC1CCN(C(=O)c2ccc(OC(C)C)cc2)CC1. The molecule has 1 heterocycles. The molecule has 1 aliphatic rings. The number of carbonyl (C=O) groups is 1. The van der Waals surface area contributed by atoms with Gasteiger partial charge in [0.15, 0.2) is 0 Å². The van der Waals surface area contributed by atoms with Crippen LogP contribution < -0.4 is 4.74 Å². The number of nitrogens with zero attached hydrogens (tertiary/aromatic N) is 1. The highest BCUT2D eigenvalue weighted by molar-refractivity contribution is 5.94. The molecular weight excluding hydrogens is 266 g/mol. The third-order valence-corrected chi connectivity index (χ3v) is 3.78. The van der Waals surface area contributed by atoms with Crippen LogP contribution in [-0.2, 0) is 4.74 Å². The second-order valence-corrected chi connectivity index (χ2v) is 5.88. The second-order valence-electron chi connectivity index (χ2n) is 5.88. The maximum Gasteiger partial charge on any atom is 0.253 e. The zero-order valence-electron chi connectivity index (χ0n) is 13.2. The molecule has 116 valence electrons. The average Bonchev–Trinajstić information content (AvgIpc) is 2.48. The summed E-state index contributed by atoms with van der Waals surface area (Å²) in [5.74, 6) is 1.50. The molecule has 21 heavy (non-hydrogen) atoms. The van der Waals surface area contributed by atoms with Crippen molar-refractivity contribution in [2.75, 3.05) is 26.8 Å². The topological polar surface area (TPSA) is 38.8 Å². The Morgan fingerprint density at radius 1 is 1.24 bits per heavy atom. The Hall–Kier alpha value is -1.55. The molecule has 0 aromatic heterocycles. The maximum atomic E-state index is 12.5. The summed E-state index contributed by atoms with van der Waals surface area (Å²) in [6.07, 6.45) is 2.19. The summed E-state index contributed by atoms with van der Waals surface area (Å²) in [6.45, 7) is 6.41. The third-order valence-electron chi connectivity index (χ3n) is 3.78. The van der Waals surface area contributed by atoms with Gasteiger partial charge in [-0.3, -0.25) is 4.79 Å². The number of rotatable bonds is 5. The molecule has 1 amide bonds. The Bertz CT molecular complexity index is 448. The van der Waals surface area contributed by atoms with Gasteiger partial charge in [0.25, 0.3) is 5.91 Å². The molecule has 0 saturated carbocycles. The molecule has 4 heteroatoms. The van der Waals surface area contributed by atoms with E-state index in [0.717, 1.165) is 43.9 Å². The molecule has 0 atom stereocenters. The summed E-state index contributed by atoms with van der Waals surface area (Å²) in [6, 6.07) is 7.43. The van der Waals surface area contributed by atoms with E-state index in [1.54, 1.807) is 7.11 Å². The van der Waals surface area contributed by atoms with Gasteiger partial charge in [-0.1, -0.05) is 0 Å². The van der Waals surface area contributed by atoms with E-state index in [4.69, 9.17) is 9.47 Å². The number of likely N-dealkylation sites (tertiary alicyclic amines) is 1. The number of ether oxygens (including phenoxy) is 2. The summed E-state index contributed by atoms with van der Waals surface area (Å²) in [5, 5.41) is 0. The molecule has 2 rings (SSSR count). The smallest absolute Gasteiger partial charge is 0.253 e. The highest BCUT2D eigenvalue weighted by Gasteiger charge is 2.23. The van der Waals surface area contributed by atoms with Crippen molar-refractivity contribution in [3.05, 3.63) is 29.8 Å². The molecule has 4 nitrogen and oxygen atoms in total. The van der Waals surface area contributed by atoms with Crippen LogP contribution in [0, 0.1) is 5.92 Å². The first-order valence-electron chi connectivity index (χ1n) is 7.65. The number of hydrogen-bond acceptors (Lipinski definition) is 3. The van der Waals surface area contributed by atoms with Crippen LogP contribution >= 0.6 is 0 Å². The second kappa shape index (κ2) is 7.46. The molecule has 1 aromatic carbocycles. The summed E-state index contributed by atoms with van der Waals surface area (Å²) >= 11 is 0. The largest absolute Gasteiger partial charge is 0.491 e. The molecule has 0 bridgehead atoms. The lowest BCUT2D eigenvalue weighted by Crippen LogP contribution is -2.39. The maximum absolute atomic E-state index is 12.5. The summed E-state index contributed by atoms with van der Waals surface area (Å²) < 4.78 is 10.8. The lowest BCUT2D eigenvalue weighted by molar-refractivity contribution is 0.0613. The first-order chi connectivity index (χ1) is 10.1. The van der Waals surface area contributed by atoms with Gasteiger partial charge in [0.1, 0.15) is 5.75 Å². The quantitative estimate of drug-likeness (QED) is 0.837. The predicted octanol–water partition coefficient (Wildman–Crippen LogP) is 2.97. The van der Waals surface area contributed by atoms with Gasteiger partial charge in [-0.05, 0) is 56.9 Å². The van der Waals surface area contributed by atoms with Crippen molar-refractivity contribution in [2.45, 2.75) is 32.8 Å². The van der Waals surface area contributed by atoms with Gasteiger partial charge in [0.2, 0.25) is 0 Å². The molecule has 0 unspecified atom stereocenters. The van der Waals surface area contributed by atoms with Crippen LogP contribution in [0.2, 0.25) is 0 Å². The van der Waals surface area contributed by atoms with E-state index in [-0.39, 0.29) is 12.0 Å². The minimum Gasteiger partial charge on any atom is -0.491 e. The summed E-state index contributed by atoms with van der Waals surface area (Å²) in [4.78, 5) is 14.4. The summed E-state index contributed by atoms with van der Waals surface area (Å²) in [5.41, 5.74) is 0.733. The number of hydrogen-bond donors (Lipinski definition) is 0. The zero-order valence-corrected chi connectivity index (χ0v) is 13.2. The van der Waals surface area contributed by atoms with Crippen molar-refractivity contribution in [2.24, 2.45) is 5.92 Å². The van der Waals surface area contributed by atoms with Crippen LogP contribution in [0.25, 0.3) is 0 Å². The third kappa shape index (κ3) is 4.46. The van der Waals surface area contributed by atoms with Gasteiger partial charge in [-0.15, -0.1) is 0 Å². The van der Waals surface area contributed by atoms with Crippen LogP contribution in [0.5, 0.6) is 5.75 Å². The molecule has 0 aliphatic carbocycles. The van der Waals surface area contributed by atoms with E-state index in [9.17, 15) is 4.79 Å². The van der Waals surface area contributed by atoms with E-state index in [1.165, 1.54) is 0 Å². The molecule has 0 spiro atoms. The van der Waals surface area contributed by atoms with Gasteiger partial charge >= 0.3 is 0 Å². The standard InChI is InChI=1S/C17H25NO3/c1-13(2)21-16-6-4-15(5-7-16)17(19)18-10-8-14(9-11-18)12-20-3/h4-7,13-14H,8-12H2,1-3H3. The van der Waals surface area contributed by atoms with E-state index in [2.05, 4.69) is 0 Å².